The Hall–Kier alpha value is -1.35. The summed E-state index contributed by atoms with van der Waals surface area (Å²) in [6.45, 7) is 2.70. The lowest BCUT2D eigenvalue weighted by molar-refractivity contribution is 0.311. The third-order valence-corrected chi connectivity index (χ3v) is 1.68. The van der Waals surface area contributed by atoms with Gasteiger partial charge in [0.1, 0.15) is 0 Å². The van der Waals surface area contributed by atoms with Crippen LogP contribution >= 0.6 is 0 Å². The number of anilines is 2. The summed E-state index contributed by atoms with van der Waals surface area (Å²) < 4.78 is 31.6. The fourth-order valence-corrected chi connectivity index (χ4v) is 1.08. The minimum Gasteiger partial charge on any atom is -0.399 e. The van der Waals surface area contributed by atoms with Gasteiger partial charge in [0.2, 0.25) is 0 Å². The minimum absolute atomic E-state index is 0.143. The van der Waals surface area contributed by atoms with E-state index in [4.69, 9.17) is 28.4 Å². The van der Waals surface area contributed by atoms with Crippen LogP contribution in [0.3, 0.4) is 0 Å². The van der Waals surface area contributed by atoms with Gasteiger partial charge in [-0.25, -0.2) is 0 Å². The van der Waals surface area contributed by atoms with E-state index in [2.05, 4.69) is 5.32 Å². The topological polar surface area (TPSA) is 133 Å². The fourth-order valence-electron chi connectivity index (χ4n) is 1.08. The van der Waals surface area contributed by atoms with Crippen LogP contribution in [0.2, 0.25) is 0 Å². The summed E-state index contributed by atoms with van der Waals surface area (Å²) in [5, 5.41) is 11.7. The first kappa shape index (κ1) is 15.7. The predicted octanol–water partition coefficient (Wildman–Crippen LogP) is 0.329. The molecule has 0 spiro atoms. The van der Waals surface area contributed by atoms with Crippen LogP contribution in [0.4, 0.5) is 11.4 Å². The lowest BCUT2D eigenvalue weighted by Gasteiger charge is -2.08. The summed E-state index contributed by atoms with van der Waals surface area (Å²) in [6.07, 6.45) is 0. The molecule has 17 heavy (non-hydrogen) atoms. The number of hydrogen-bond acceptors (Lipinski definition) is 5. The molecule has 0 aliphatic heterocycles. The molecule has 0 fully saturated rings. The highest BCUT2D eigenvalue weighted by molar-refractivity contribution is 7.79. The molecule has 98 valence electrons. The smallest absolute Gasteiger partial charge is 0.394 e. The van der Waals surface area contributed by atoms with Crippen molar-refractivity contribution in [2.24, 2.45) is 0 Å². The van der Waals surface area contributed by atoms with Crippen molar-refractivity contribution in [3.63, 3.8) is 0 Å². The molecule has 0 aliphatic carbocycles. The van der Waals surface area contributed by atoms with Crippen molar-refractivity contribution in [1.29, 1.82) is 0 Å². The van der Waals surface area contributed by atoms with Crippen molar-refractivity contribution < 1.29 is 22.6 Å². The Kier molecular flexibility index (Phi) is 6.51. The highest BCUT2D eigenvalue weighted by Gasteiger charge is 1.96. The normalized spacial score (nSPS) is 10.4. The van der Waals surface area contributed by atoms with Gasteiger partial charge in [0.25, 0.3) is 0 Å². The van der Waals surface area contributed by atoms with Gasteiger partial charge in [0, 0.05) is 17.9 Å². The van der Waals surface area contributed by atoms with Crippen molar-refractivity contribution in [2.45, 2.75) is 6.92 Å². The number of benzene rings is 1. The van der Waals surface area contributed by atoms with Gasteiger partial charge in [0.05, 0.1) is 6.61 Å². The van der Waals surface area contributed by atoms with Crippen LogP contribution in [-0.2, 0) is 10.4 Å². The Balaban J connectivity index is 0.000000437. The average molecular weight is 264 g/mol. The van der Waals surface area contributed by atoms with Crippen molar-refractivity contribution in [3.05, 3.63) is 23.8 Å². The third kappa shape index (κ3) is 9.57. The molecule has 0 aliphatic rings. The van der Waals surface area contributed by atoms with E-state index in [1.807, 2.05) is 25.1 Å². The molecule has 8 heteroatoms. The van der Waals surface area contributed by atoms with E-state index in [0.29, 0.717) is 6.54 Å². The van der Waals surface area contributed by atoms with Crippen LogP contribution < -0.4 is 11.1 Å². The Morgan fingerprint density at radius 1 is 1.35 bits per heavy atom. The predicted molar refractivity (Wildman–Crippen MR) is 65.3 cm³/mol. The number of aryl methyl sites for hydroxylation is 1. The Morgan fingerprint density at radius 2 is 1.88 bits per heavy atom. The summed E-state index contributed by atoms with van der Waals surface area (Å²) >= 11 is 0. The first-order valence-electron chi connectivity index (χ1n) is 4.64. The zero-order valence-corrected chi connectivity index (χ0v) is 10.1. The molecular weight excluding hydrogens is 248 g/mol. The molecule has 0 radical (unpaired) electrons. The Labute approximate surface area is 99.8 Å². The van der Waals surface area contributed by atoms with Crippen LogP contribution in [0.1, 0.15) is 5.56 Å². The molecule has 0 bridgehead atoms. The van der Waals surface area contributed by atoms with E-state index in [-0.39, 0.29) is 6.61 Å². The largest absolute Gasteiger partial charge is 0.399 e. The van der Waals surface area contributed by atoms with Crippen LogP contribution in [0.25, 0.3) is 0 Å². The van der Waals surface area contributed by atoms with E-state index in [1.165, 1.54) is 0 Å². The van der Waals surface area contributed by atoms with E-state index < -0.39 is 10.4 Å². The van der Waals surface area contributed by atoms with Crippen LogP contribution in [0.5, 0.6) is 0 Å². The molecule has 1 aromatic rings. The van der Waals surface area contributed by atoms with Crippen molar-refractivity contribution in [2.75, 3.05) is 24.2 Å². The molecule has 1 rings (SSSR count). The van der Waals surface area contributed by atoms with E-state index >= 15 is 0 Å². The number of nitrogens with two attached hydrogens (primary N) is 1. The molecule has 0 amide bonds. The molecule has 0 heterocycles. The number of rotatable bonds is 3. The average Bonchev–Trinajstić information content (AvgIpc) is 2.14. The van der Waals surface area contributed by atoms with Gasteiger partial charge in [-0.3, -0.25) is 9.11 Å². The van der Waals surface area contributed by atoms with Gasteiger partial charge < -0.3 is 16.2 Å². The Morgan fingerprint density at radius 3 is 2.29 bits per heavy atom. The number of aliphatic hydroxyl groups is 1. The molecule has 7 nitrogen and oxygen atoms in total. The third-order valence-electron chi connectivity index (χ3n) is 1.68. The molecule has 0 aromatic heterocycles. The molecule has 0 unspecified atom stereocenters. The van der Waals surface area contributed by atoms with Gasteiger partial charge >= 0.3 is 10.4 Å². The monoisotopic (exact) mass is 264 g/mol. The molecule has 0 saturated heterocycles. The molecule has 1 aromatic carbocycles. The lowest BCUT2D eigenvalue weighted by atomic mass is 10.2. The van der Waals surface area contributed by atoms with Crippen molar-refractivity contribution in [3.8, 4) is 0 Å². The van der Waals surface area contributed by atoms with Gasteiger partial charge in [-0.15, -0.1) is 0 Å². The number of aliphatic hydroxyl groups excluding tert-OH is 1. The van der Waals surface area contributed by atoms with Crippen LogP contribution in [-0.4, -0.2) is 35.8 Å². The second-order valence-corrected chi connectivity index (χ2v) is 4.07. The Bertz CT molecular complexity index is 439. The standard InChI is InChI=1S/C9H14N2O.H2O4S/c1-7-6-8(10)2-3-9(7)11-4-5-12;1-5(2,3)4/h2-3,6,11-12H,4-5,10H2,1H3;(H2,1,2,3,4). The van der Waals surface area contributed by atoms with Gasteiger partial charge in [-0.1, -0.05) is 0 Å². The fraction of sp³-hybridized carbons (Fsp3) is 0.333. The zero-order valence-electron chi connectivity index (χ0n) is 9.29. The molecule has 6 N–H and O–H groups in total. The van der Waals surface area contributed by atoms with Crippen LogP contribution in [0, 0.1) is 6.92 Å². The first-order chi connectivity index (χ1) is 7.74. The maximum atomic E-state index is 8.74. The summed E-state index contributed by atoms with van der Waals surface area (Å²) in [5.74, 6) is 0. The van der Waals surface area contributed by atoms with E-state index in [1.54, 1.807) is 0 Å². The zero-order chi connectivity index (χ0) is 13.5. The molecule has 0 atom stereocenters. The van der Waals surface area contributed by atoms with Crippen molar-refractivity contribution >= 4 is 21.8 Å². The van der Waals surface area contributed by atoms with Gasteiger partial charge in [0.15, 0.2) is 0 Å². The summed E-state index contributed by atoms with van der Waals surface area (Å²) in [6, 6.07) is 5.66. The number of nitrogens with one attached hydrogen (secondary N) is 1. The number of hydrogen-bond donors (Lipinski definition) is 5. The molecular formula is C9H16N2O5S. The second-order valence-electron chi connectivity index (χ2n) is 3.17. The second kappa shape index (κ2) is 7.07. The van der Waals surface area contributed by atoms with E-state index in [9.17, 15) is 0 Å². The van der Waals surface area contributed by atoms with Crippen molar-refractivity contribution in [1.82, 2.24) is 0 Å². The summed E-state index contributed by atoms with van der Waals surface area (Å²) in [7, 11) is -4.67. The first-order valence-corrected chi connectivity index (χ1v) is 6.04. The minimum atomic E-state index is -4.67. The van der Waals surface area contributed by atoms with E-state index in [0.717, 1.165) is 16.9 Å². The van der Waals surface area contributed by atoms with Gasteiger partial charge in [-0.05, 0) is 30.7 Å². The highest BCUT2D eigenvalue weighted by atomic mass is 32.3. The van der Waals surface area contributed by atoms with Crippen LogP contribution in [0.15, 0.2) is 18.2 Å². The maximum Gasteiger partial charge on any atom is 0.394 e. The summed E-state index contributed by atoms with van der Waals surface area (Å²) in [5.41, 5.74) is 8.47. The number of nitrogen functional groups attached to an aromatic ring is 1. The summed E-state index contributed by atoms with van der Waals surface area (Å²) in [4.78, 5) is 0. The maximum absolute atomic E-state index is 8.74. The highest BCUT2D eigenvalue weighted by Crippen LogP contribution is 2.16. The molecule has 0 saturated carbocycles. The van der Waals surface area contributed by atoms with Gasteiger partial charge in [-0.2, -0.15) is 8.42 Å². The lowest BCUT2D eigenvalue weighted by Crippen LogP contribution is -2.06. The SMILES string of the molecule is Cc1cc(N)ccc1NCCO.O=S(=O)(O)O. The quantitative estimate of drug-likeness (QED) is 0.392.